The van der Waals surface area contributed by atoms with Gasteiger partial charge in [0.05, 0.1) is 18.1 Å². The molecular weight excluding hydrogens is 264 g/mol. The molecule has 1 saturated heterocycles. The van der Waals surface area contributed by atoms with Crippen molar-refractivity contribution in [2.75, 3.05) is 45.2 Å². The van der Waals surface area contributed by atoms with Crippen LogP contribution in [0.5, 0.6) is 5.88 Å². The van der Waals surface area contributed by atoms with E-state index in [0.29, 0.717) is 13.1 Å². The van der Waals surface area contributed by atoms with Crippen LogP contribution in [0.4, 0.5) is 11.5 Å². The fourth-order valence-corrected chi connectivity index (χ4v) is 2.36. The molecule has 1 atom stereocenters. The highest BCUT2D eigenvalue weighted by Crippen LogP contribution is 2.34. The van der Waals surface area contributed by atoms with Gasteiger partial charge in [-0.25, -0.2) is 4.98 Å². The smallest absolute Gasteiger partial charge is 0.372 e. The molecule has 0 radical (unpaired) electrons. The number of methoxy groups -OCH3 is 1. The fraction of sp³-hybridized carbons (Fsp3) is 0.636. The van der Waals surface area contributed by atoms with Gasteiger partial charge in [-0.15, -0.1) is 0 Å². The molecule has 1 fully saturated rings. The SMILES string of the molecule is COc1ncnc(N2CCN(C)CC2CN)c1[N+](=O)[O-]. The van der Waals surface area contributed by atoms with Crippen LogP contribution < -0.4 is 15.4 Å². The lowest BCUT2D eigenvalue weighted by Crippen LogP contribution is -2.55. The van der Waals surface area contributed by atoms with Gasteiger partial charge in [-0.3, -0.25) is 10.1 Å². The van der Waals surface area contributed by atoms with E-state index in [1.165, 1.54) is 13.4 Å². The summed E-state index contributed by atoms with van der Waals surface area (Å²) in [7, 11) is 3.35. The Morgan fingerprint density at radius 2 is 2.30 bits per heavy atom. The van der Waals surface area contributed by atoms with Gasteiger partial charge < -0.3 is 20.3 Å². The summed E-state index contributed by atoms with van der Waals surface area (Å²) in [6.45, 7) is 2.55. The Kier molecular flexibility index (Phi) is 4.30. The van der Waals surface area contributed by atoms with E-state index in [-0.39, 0.29) is 23.4 Å². The van der Waals surface area contributed by atoms with Crippen molar-refractivity contribution in [3.63, 3.8) is 0 Å². The van der Waals surface area contributed by atoms with Crippen LogP contribution in [0.2, 0.25) is 0 Å². The van der Waals surface area contributed by atoms with E-state index < -0.39 is 4.92 Å². The van der Waals surface area contributed by atoms with Crippen molar-refractivity contribution in [1.29, 1.82) is 0 Å². The van der Waals surface area contributed by atoms with Gasteiger partial charge in [0.15, 0.2) is 0 Å². The van der Waals surface area contributed by atoms with E-state index >= 15 is 0 Å². The van der Waals surface area contributed by atoms with E-state index in [4.69, 9.17) is 10.5 Å². The third kappa shape index (κ3) is 2.63. The maximum atomic E-state index is 11.3. The molecule has 9 nitrogen and oxygen atoms in total. The van der Waals surface area contributed by atoms with E-state index in [9.17, 15) is 10.1 Å². The number of nitrogens with zero attached hydrogens (tertiary/aromatic N) is 5. The molecule has 1 aliphatic heterocycles. The van der Waals surface area contributed by atoms with Crippen molar-refractivity contribution >= 4 is 11.5 Å². The van der Waals surface area contributed by atoms with Crippen molar-refractivity contribution < 1.29 is 9.66 Å². The van der Waals surface area contributed by atoms with Crippen LogP contribution in [0.1, 0.15) is 0 Å². The van der Waals surface area contributed by atoms with Crippen molar-refractivity contribution in [2.45, 2.75) is 6.04 Å². The summed E-state index contributed by atoms with van der Waals surface area (Å²) in [4.78, 5) is 22.6. The first kappa shape index (κ1) is 14.4. The largest absolute Gasteiger partial charge is 0.476 e. The number of rotatable bonds is 4. The molecule has 0 spiro atoms. The van der Waals surface area contributed by atoms with Crippen molar-refractivity contribution in [3.8, 4) is 5.88 Å². The summed E-state index contributed by atoms with van der Waals surface area (Å²) in [6, 6.07) is -0.0212. The predicted molar refractivity (Wildman–Crippen MR) is 72.9 cm³/mol. The topological polar surface area (TPSA) is 111 Å². The van der Waals surface area contributed by atoms with Gasteiger partial charge in [0.2, 0.25) is 5.82 Å². The highest BCUT2D eigenvalue weighted by molar-refractivity contribution is 5.63. The molecule has 1 aromatic rings. The van der Waals surface area contributed by atoms with Crippen LogP contribution in [0.25, 0.3) is 0 Å². The summed E-state index contributed by atoms with van der Waals surface area (Å²) in [5.74, 6) is 0.236. The third-order valence-electron chi connectivity index (χ3n) is 3.38. The fourth-order valence-electron chi connectivity index (χ4n) is 2.36. The standard InChI is InChI=1S/C11H18N6O3/c1-15-3-4-16(8(5-12)6-15)10-9(17(18)19)11(20-2)14-7-13-10/h7-8H,3-6,12H2,1-2H3. The highest BCUT2D eigenvalue weighted by atomic mass is 16.6. The maximum absolute atomic E-state index is 11.3. The van der Waals surface area contributed by atoms with Crippen LogP contribution in [0, 0.1) is 10.1 Å². The maximum Gasteiger partial charge on any atom is 0.372 e. The van der Waals surface area contributed by atoms with Crippen molar-refractivity contribution in [2.24, 2.45) is 5.73 Å². The molecule has 0 aromatic carbocycles. The second-order valence-electron chi connectivity index (χ2n) is 4.66. The van der Waals surface area contributed by atoms with E-state index in [1.807, 2.05) is 11.9 Å². The molecule has 9 heteroatoms. The van der Waals surface area contributed by atoms with Crippen molar-refractivity contribution in [1.82, 2.24) is 14.9 Å². The number of piperazine rings is 1. The first-order valence-corrected chi connectivity index (χ1v) is 6.27. The summed E-state index contributed by atoms with van der Waals surface area (Å²) in [6.07, 6.45) is 1.27. The Morgan fingerprint density at radius 1 is 1.55 bits per heavy atom. The van der Waals surface area contributed by atoms with E-state index in [0.717, 1.165) is 13.1 Å². The Morgan fingerprint density at radius 3 is 2.90 bits per heavy atom. The molecular formula is C11H18N6O3. The second kappa shape index (κ2) is 5.97. The minimum absolute atomic E-state index is 0.0212. The average Bonchev–Trinajstić information content (AvgIpc) is 2.46. The predicted octanol–water partition coefficient (Wildman–Crippen LogP) is -0.527. The van der Waals surface area contributed by atoms with Gasteiger partial charge in [-0.05, 0) is 7.05 Å². The van der Waals surface area contributed by atoms with Gasteiger partial charge in [0, 0.05) is 26.2 Å². The monoisotopic (exact) mass is 282 g/mol. The van der Waals surface area contributed by atoms with Gasteiger partial charge in [0.25, 0.3) is 5.88 Å². The molecule has 0 amide bonds. The van der Waals surface area contributed by atoms with E-state index in [1.54, 1.807) is 0 Å². The zero-order valence-corrected chi connectivity index (χ0v) is 11.5. The lowest BCUT2D eigenvalue weighted by atomic mass is 10.1. The number of ether oxygens (including phenoxy) is 1. The number of anilines is 1. The molecule has 110 valence electrons. The second-order valence-corrected chi connectivity index (χ2v) is 4.66. The Balaban J connectivity index is 2.43. The lowest BCUT2D eigenvalue weighted by molar-refractivity contribution is -0.385. The van der Waals surface area contributed by atoms with E-state index in [2.05, 4.69) is 14.9 Å². The number of hydrogen-bond donors (Lipinski definition) is 1. The number of likely N-dealkylation sites (N-methyl/N-ethyl adjacent to an activating group) is 1. The summed E-state index contributed by atoms with van der Waals surface area (Å²) < 4.78 is 4.97. The zero-order valence-electron chi connectivity index (χ0n) is 11.5. The third-order valence-corrected chi connectivity index (χ3v) is 3.38. The molecule has 2 N–H and O–H groups in total. The van der Waals surface area contributed by atoms with Crippen LogP contribution in [0.3, 0.4) is 0 Å². The minimum atomic E-state index is -0.514. The normalized spacial score (nSPS) is 19.9. The van der Waals surface area contributed by atoms with Gasteiger partial charge in [0.1, 0.15) is 6.33 Å². The molecule has 1 unspecified atom stereocenters. The molecule has 0 saturated carbocycles. The van der Waals surface area contributed by atoms with Crippen LogP contribution in [-0.4, -0.2) is 66.2 Å². The number of nitrogens with two attached hydrogens (primary N) is 1. The van der Waals surface area contributed by atoms with Crippen LogP contribution in [-0.2, 0) is 0 Å². The Hall–Kier alpha value is -2.00. The number of aromatic nitrogens is 2. The van der Waals surface area contributed by atoms with Crippen LogP contribution >= 0.6 is 0 Å². The molecule has 2 rings (SSSR count). The molecule has 1 aliphatic rings. The molecule has 0 bridgehead atoms. The summed E-state index contributed by atoms with van der Waals surface area (Å²) in [5, 5.41) is 11.3. The Bertz CT molecular complexity index is 497. The molecule has 2 heterocycles. The number of hydrogen-bond acceptors (Lipinski definition) is 8. The Labute approximate surface area is 116 Å². The average molecular weight is 282 g/mol. The summed E-state index contributed by atoms with van der Waals surface area (Å²) >= 11 is 0. The molecule has 0 aliphatic carbocycles. The lowest BCUT2D eigenvalue weighted by Gasteiger charge is -2.39. The molecule has 20 heavy (non-hydrogen) atoms. The van der Waals surface area contributed by atoms with Crippen LogP contribution in [0.15, 0.2) is 6.33 Å². The first-order chi connectivity index (χ1) is 9.58. The highest BCUT2D eigenvalue weighted by Gasteiger charge is 2.33. The van der Waals surface area contributed by atoms with Crippen molar-refractivity contribution in [3.05, 3.63) is 16.4 Å². The quantitative estimate of drug-likeness (QED) is 0.579. The first-order valence-electron chi connectivity index (χ1n) is 6.27. The summed E-state index contributed by atoms with van der Waals surface area (Å²) in [5.41, 5.74) is 5.57. The van der Waals surface area contributed by atoms with Gasteiger partial charge in [-0.2, -0.15) is 4.98 Å². The van der Waals surface area contributed by atoms with Gasteiger partial charge >= 0.3 is 5.69 Å². The molecule has 1 aromatic heterocycles. The minimum Gasteiger partial charge on any atom is -0.476 e. The zero-order chi connectivity index (χ0) is 14.7. The van der Waals surface area contributed by atoms with Gasteiger partial charge in [-0.1, -0.05) is 0 Å². The number of nitro groups is 1.